The lowest BCUT2D eigenvalue weighted by Gasteiger charge is -1.99. The molecule has 0 spiro atoms. The normalized spacial score (nSPS) is 10.1. The highest BCUT2D eigenvalue weighted by Crippen LogP contribution is 2.06. The third-order valence-electron chi connectivity index (χ3n) is 1.57. The van der Waals surface area contributed by atoms with Crippen LogP contribution in [0.1, 0.15) is 12.0 Å². The van der Waals surface area contributed by atoms with E-state index >= 15 is 0 Å². The van der Waals surface area contributed by atoms with E-state index in [0.29, 0.717) is 0 Å². The summed E-state index contributed by atoms with van der Waals surface area (Å²) in [5.41, 5.74) is 1.38. The van der Waals surface area contributed by atoms with E-state index < -0.39 is 0 Å². The van der Waals surface area contributed by atoms with Gasteiger partial charge in [0.2, 0.25) is 0 Å². The highest BCUT2D eigenvalue weighted by molar-refractivity contribution is 7.99. The van der Waals surface area contributed by atoms with Gasteiger partial charge in [0.05, 0.1) is 0 Å². The maximum Gasteiger partial charge on any atom is 0.0270 e. The summed E-state index contributed by atoms with van der Waals surface area (Å²) in [4.78, 5) is 3.97. The first-order valence-corrected chi connectivity index (χ1v) is 5.35. The Labute approximate surface area is 78.6 Å². The van der Waals surface area contributed by atoms with Crippen LogP contribution in [0.3, 0.4) is 0 Å². The Bertz CT molecular complexity index is 198. The molecule has 0 aromatic carbocycles. The first-order valence-electron chi connectivity index (χ1n) is 4.19. The van der Waals surface area contributed by atoms with Gasteiger partial charge >= 0.3 is 0 Å². The molecule has 1 aromatic rings. The molecule has 0 aliphatic heterocycles. The number of pyridine rings is 1. The number of rotatable bonds is 5. The van der Waals surface area contributed by atoms with Gasteiger partial charge in [-0.15, -0.1) is 0 Å². The molecule has 1 nitrogen and oxygen atoms in total. The molecule has 65 valence electrons. The van der Waals surface area contributed by atoms with Gasteiger partial charge in [0.25, 0.3) is 0 Å². The highest BCUT2D eigenvalue weighted by Gasteiger charge is 1.91. The number of aryl methyl sites for hydroxylation is 1. The summed E-state index contributed by atoms with van der Waals surface area (Å²) in [5.74, 6) is 2.37. The maximum atomic E-state index is 3.97. The van der Waals surface area contributed by atoms with Gasteiger partial charge in [0.1, 0.15) is 0 Å². The summed E-state index contributed by atoms with van der Waals surface area (Å²) in [6.07, 6.45) is 5.87. The molecule has 0 unspecified atom stereocenters. The second-order valence-corrected chi connectivity index (χ2v) is 3.80. The highest BCUT2D eigenvalue weighted by atomic mass is 32.2. The van der Waals surface area contributed by atoms with Crippen molar-refractivity contribution in [3.05, 3.63) is 37.0 Å². The molecule has 0 aliphatic rings. The van der Waals surface area contributed by atoms with E-state index in [9.17, 15) is 0 Å². The number of hydrogen-bond acceptors (Lipinski definition) is 2. The Morgan fingerprint density at radius 1 is 1.25 bits per heavy atom. The Kier molecular flexibility index (Phi) is 4.85. The molecule has 1 aromatic heterocycles. The van der Waals surface area contributed by atoms with Crippen LogP contribution in [0.25, 0.3) is 0 Å². The molecule has 0 fully saturated rings. The van der Waals surface area contributed by atoms with Gasteiger partial charge in [0.15, 0.2) is 0 Å². The average molecular weight is 180 g/mol. The number of hydrogen-bond donors (Lipinski definition) is 0. The van der Waals surface area contributed by atoms with Crippen LogP contribution in [0.2, 0.25) is 0 Å². The zero-order valence-corrected chi connectivity index (χ0v) is 8.02. The first-order chi connectivity index (χ1) is 5.93. The minimum absolute atomic E-state index is 1.03. The van der Waals surface area contributed by atoms with Crippen LogP contribution in [0.15, 0.2) is 24.5 Å². The molecule has 12 heavy (non-hydrogen) atoms. The number of nitrogens with zero attached hydrogens (tertiary/aromatic N) is 1. The van der Waals surface area contributed by atoms with Crippen molar-refractivity contribution < 1.29 is 0 Å². The van der Waals surface area contributed by atoms with Crippen LogP contribution in [0, 0.1) is 6.92 Å². The van der Waals surface area contributed by atoms with Crippen LogP contribution in [0.5, 0.6) is 0 Å². The zero-order valence-electron chi connectivity index (χ0n) is 7.20. The number of aromatic nitrogens is 1. The SMILES string of the molecule is [CH2]CCSCCc1ccncc1. The lowest BCUT2D eigenvalue weighted by Crippen LogP contribution is -1.89. The molecule has 0 saturated heterocycles. The van der Waals surface area contributed by atoms with Crippen LogP contribution < -0.4 is 0 Å². The molecule has 0 amide bonds. The fourth-order valence-corrected chi connectivity index (χ4v) is 1.73. The van der Waals surface area contributed by atoms with Gasteiger partial charge in [-0.3, -0.25) is 4.98 Å². The molecule has 0 aliphatic carbocycles. The molecule has 0 saturated carbocycles. The fourth-order valence-electron chi connectivity index (χ4n) is 0.944. The molecule has 1 radical (unpaired) electrons. The van der Waals surface area contributed by atoms with Gasteiger partial charge in [-0.25, -0.2) is 0 Å². The second kappa shape index (κ2) is 6.06. The van der Waals surface area contributed by atoms with Crippen molar-refractivity contribution in [1.29, 1.82) is 0 Å². The van der Waals surface area contributed by atoms with E-state index in [-0.39, 0.29) is 0 Å². The molecular formula is C10H14NS. The van der Waals surface area contributed by atoms with E-state index in [1.165, 1.54) is 17.1 Å². The van der Waals surface area contributed by atoms with Crippen LogP contribution in [0.4, 0.5) is 0 Å². The van der Waals surface area contributed by atoms with Gasteiger partial charge in [-0.1, -0.05) is 6.92 Å². The van der Waals surface area contributed by atoms with Crippen molar-refractivity contribution >= 4 is 11.8 Å². The first kappa shape index (κ1) is 9.59. The van der Waals surface area contributed by atoms with Crippen molar-refractivity contribution in [3.8, 4) is 0 Å². The van der Waals surface area contributed by atoms with E-state index in [1.54, 1.807) is 0 Å². The molecular weight excluding hydrogens is 166 g/mol. The van der Waals surface area contributed by atoms with Crippen molar-refractivity contribution in [2.75, 3.05) is 11.5 Å². The summed E-state index contributed by atoms with van der Waals surface area (Å²) in [6, 6.07) is 4.15. The maximum absolute atomic E-state index is 3.97. The lowest BCUT2D eigenvalue weighted by atomic mass is 10.2. The lowest BCUT2D eigenvalue weighted by molar-refractivity contribution is 1.12. The molecule has 1 rings (SSSR count). The van der Waals surface area contributed by atoms with Gasteiger partial charge in [0, 0.05) is 12.4 Å². The Morgan fingerprint density at radius 2 is 2.00 bits per heavy atom. The van der Waals surface area contributed by atoms with Gasteiger partial charge in [-0.05, 0) is 42.0 Å². The predicted octanol–water partition coefficient (Wildman–Crippen LogP) is 2.58. The third-order valence-corrected chi connectivity index (χ3v) is 2.64. The van der Waals surface area contributed by atoms with E-state index in [1.807, 2.05) is 24.2 Å². The van der Waals surface area contributed by atoms with Crippen LogP contribution in [-0.4, -0.2) is 16.5 Å². The minimum atomic E-state index is 1.03. The monoisotopic (exact) mass is 180 g/mol. The van der Waals surface area contributed by atoms with Gasteiger partial charge in [-0.2, -0.15) is 11.8 Å². The average Bonchev–Trinajstić information content (AvgIpc) is 2.14. The minimum Gasteiger partial charge on any atom is -0.265 e. The summed E-state index contributed by atoms with van der Waals surface area (Å²) in [5, 5.41) is 0. The van der Waals surface area contributed by atoms with Crippen molar-refractivity contribution in [3.63, 3.8) is 0 Å². The fraction of sp³-hybridized carbons (Fsp3) is 0.400. The molecule has 2 heteroatoms. The third kappa shape index (κ3) is 3.77. The summed E-state index contributed by atoms with van der Waals surface area (Å²) >= 11 is 1.97. The number of thioether (sulfide) groups is 1. The Balaban J connectivity index is 2.16. The smallest absolute Gasteiger partial charge is 0.0270 e. The summed E-state index contributed by atoms with van der Waals surface area (Å²) in [7, 11) is 0. The van der Waals surface area contributed by atoms with Crippen molar-refractivity contribution in [2.24, 2.45) is 0 Å². The molecule has 1 heterocycles. The van der Waals surface area contributed by atoms with Crippen LogP contribution >= 0.6 is 11.8 Å². The predicted molar refractivity (Wildman–Crippen MR) is 55.2 cm³/mol. The topological polar surface area (TPSA) is 12.9 Å². The summed E-state index contributed by atoms with van der Waals surface area (Å²) < 4.78 is 0. The largest absolute Gasteiger partial charge is 0.265 e. The van der Waals surface area contributed by atoms with Gasteiger partial charge < -0.3 is 0 Å². The Hall–Kier alpha value is -0.500. The van der Waals surface area contributed by atoms with E-state index in [4.69, 9.17) is 0 Å². The van der Waals surface area contributed by atoms with Crippen LogP contribution in [-0.2, 0) is 6.42 Å². The van der Waals surface area contributed by atoms with Crippen molar-refractivity contribution in [1.82, 2.24) is 4.98 Å². The quantitative estimate of drug-likeness (QED) is 0.646. The standard InChI is InChI=1S/C10H14NS/c1-2-8-12-9-5-10-3-6-11-7-4-10/h3-4,6-7H,1-2,5,8-9H2. The summed E-state index contributed by atoms with van der Waals surface area (Å²) in [6.45, 7) is 3.80. The molecule has 0 N–H and O–H groups in total. The van der Waals surface area contributed by atoms with E-state index in [2.05, 4.69) is 24.0 Å². The molecule has 0 atom stereocenters. The second-order valence-electron chi connectivity index (χ2n) is 2.57. The van der Waals surface area contributed by atoms with Crippen molar-refractivity contribution in [2.45, 2.75) is 12.8 Å². The molecule has 0 bridgehead atoms. The Morgan fingerprint density at radius 3 is 2.67 bits per heavy atom. The van der Waals surface area contributed by atoms with E-state index in [0.717, 1.165) is 12.8 Å². The zero-order chi connectivity index (χ0) is 8.65.